The van der Waals surface area contributed by atoms with Gasteiger partial charge in [0.15, 0.2) is 0 Å². The zero-order valence-electron chi connectivity index (χ0n) is 18.4. The maximum Gasteiger partial charge on any atom is 0.331 e. The average molecular weight is 446 g/mol. The molecule has 0 amide bonds. The van der Waals surface area contributed by atoms with Crippen molar-refractivity contribution >= 4 is 16.6 Å². The molecule has 2 aromatic rings. The summed E-state index contributed by atoms with van der Waals surface area (Å²) in [4.78, 5) is 41.8. The van der Waals surface area contributed by atoms with Gasteiger partial charge in [0.05, 0.1) is 29.0 Å². The second-order valence-corrected chi connectivity index (χ2v) is 8.56. The summed E-state index contributed by atoms with van der Waals surface area (Å²) in [6.07, 6.45) is 4.20. The monoisotopic (exact) mass is 445 g/mol. The van der Waals surface area contributed by atoms with Gasteiger partial charge in [-0.1, -0.05) is 6.42 Å². The van der Waals surface area contributed by atoms with Crippen LogP contribution >= 0.6 is 0 Å². The topological polar surface area (TPSA) is 103 Å². The molecular weight excluding hydrogens is 414 g/mol. The number of nitro benzene ring substituents is 1. The van der Waals surface area contributed by atoms with Crippen LogP contribution in [0.25, 0.3) is 10.9 Å². The van der Waals surface area contributed by atoms with E-state index in [1.807, 2.05) is 0 Å². The number of aromatic nitrogens is 2. The summed E-state index contributed by atoms with van der Waals surface area (Å²) in [7, 11) is 0. The molecule has 3 heterocycles. The standard InChI is InChI=1S/C22H31N5O5/c28-21-19-17-18(27(30)31)5-6-20(19)25(12-11-23-7-2-1-3-8-23)22(29)26(21)10-4-9-24-13-15-32-16-14-24/h5-6,17H,1-4,7-16H2. The smallest absolute Gasteiger partial charge is 0.331 e. The molecule has 1 aromatic heterocycles. The Hall–Kier alpha value is -2.56. The highest BCUT2D eigenvalue weighted by Gasteiger charge is 2.18. The van der Waals surface area contributed by atoms with Crippen molar-refractivity contribution in [2.75, 3.05) is 52.5 Å². The van der Waals surface area contributed by atoms with Crippen molar-refractivity contribution in [2.24, 2.45) is 0 Å². The largest absolute Gasteiger partial charge is 0.379 e. The summed E-state index contributed by atoms with van der Waals surface area (Å²) in [6, 6.07) is 4.19. The van der Waals surface area contributed by atoms with E-state index in [1.54, 1.807) is 4.57 Å². The lowest BCUT2D eigenvalue weighted by atomic mass is 10.1. The highest BCUT2D eigenvalue weighted by atomic mass is 16.6. The number of piperidine rings is 1. The number of hydrogen-bond acceptors (Lipinski definition) is 7. The molecule has 4 rings (SSSR count). The van der Waals surface area contributed by atoms with E-state index in [0.29, 0.717) is 31.7 Å². The Bertz CT molecular complexity index is 1070. The molecule has 0 saturated carbocycles. The van der Waals surface area contributed by atoms with Crippen molar-refractivity contribution in [3.05, 3.63) is 49.2 Å². The quantitative estimate of drug-likeness (QED) is 0.445. The van der Waals surface area contributed by atoms with Gasteiger partial charge >= 0.3 is 5.69 Å². The van der Waals surface area contributed by atoms with Gasteiger partial charge in [-0.3, -0.25) is 28.9 Å². The zero-order valence-corrected chi connectivity index (χ0v) is 18.4. The highest BCUT2D eigenvalue weighted by Crippen LogP contribution is 2.18. The van der Waals surface area contributed by atoms with Crippen LogP contribution in [0.1, 0.15) is 25.7 Å². The van der Waals surface area contributed by atoms with E-state index >= 15 is 0 Å². The number of rotatable bonds is 8. The Balaban J connectivity index is 1.63. The fourth-order valence-electron chi connectivity index (χ4n) is 4.64. The molecule has 0 radical (unpaired) electrons. The van der Waals surface area contributed by atoms with Crippen LogP contribution in [-0.2, 0) is 17.8 Å². The normalized spacial score (nSPS) is 18.2. The summed E-state index contributed by atoms with van der Waals surface area (Å²) in [5, 5.41) is 11.5. The summed E-state index contributed by atoms with van der Waals surface area (Å²) in [5.74, 6) is 0. The summed E-state index contributed by atoms with van der Waals surface area (Å²) in [6.45, 7) is 7.35. The van der Waals surface area contributed by atoms with Gasteiger partial charge in [0, 0.05) is 51.4 Å². The van der Waals surface area contributed by atoms with Crippen molar-refractivity contribution in [1.29, 1.82) is 0 Å². The first-order valence-corrected chi connectivity index (χ1v) is 11.5. The van der Waals surface area contributed by atoms with Crippen molar-refractivity contribution in [3.8, 4) is 0 Å². The number of nitrogens with zero attached hydrogens (tertiary/aromatic N) is 5. The van der Waals surface area contributed by atoms with Gasteiger partial charge in [0.25, 0.3) is 11.2 Å². The number of nitro groups is 1. The van der Waals surface area contributed by atoms with Crippen LogP contribution in [0.3, 0.4) is 0 Å². The minimum atomic E-state index is -0.509. The first-order valence-electron chi connectivity index (χ1n) is 11.5. The molecule has 2 aliphatic rings. The third-order valence-corrected chi connectivity index (χ3v) is 6.47. The van der Waals surface area contributed by atoms with Gasteiger partial charge in [0.2, 0.25) is 0 Å². The van der Waals surface area contributed by atoms with Crippen LogP contribution in [0.2, 0.25) is 0 Å². The Kier molecular flexibility index (Phi) is 7.33. The molecule has 10 nitrogen and oxygen atoms in total. The zero-order chi connectivity index (χ0) is 22.5. The second kappa shape index (κ2) is 10.4. The van der Waals surface area contributed by atoms with E-state index in [4.69, 9.17) is 4.74 Å². The molecule has 0 N–H and O–H groups in total. The van der Waals surface area contributed by atoms with Crippen LogP contribution in [-0.4, -0.2) is 76.3 Å². The highest BCUT2D eigenvalue weighted by molar-refractivity contribution is 5.80. The fourth-order valence-corrected chi connectivity index (χ4v) is 4.64. The number of hydrogen-bond donors (Lipinski definition) is 0. The molecule has 2 saturated heterocycles. The molecule has 2 fully saturated rings. The molecule has 10 heteroatoms. The molecule has 0 aliphatic carbocycles. The Morgan fingerprint density at radius 1 is 0.875 bits per heavy atom. The van der Waals surface area contributed by atoms with Crippen LogP contribution in [0, 0.1) is 10.1 Å². The maximum atomic E-state index is 13.3. The van der Waals surface area contributed by atoms with E-state index in [-0.39, 0.29) is 23.3 Å². The molecule has 32 heavy (non-hydrogen) atoms. The summed E-state index contributed by atoms with van der Waals surface area (Å²) >= 11 is 0. The lowest BCUT2D eigenvalue weighted by Gasteiger charge is -2.27. The first kappa shape index (κ1) is 22.6. The molecular formula is C22H31N5O5. The molecule has 0 spiro atoms. The number of likely N-dealkylation sites (tertiary alicyclic amines) is 1. The number of fused-ring (bicyclic) bond motifs is 1. The van der Waals surface area contributed by atoms with Crippen molar-refractivity contribution < 1.29 is 9.66 Å². The fraction of sp³-hybridized carbons (Fsp3) is 0.636. The van der Waals surface area contributed by atoms with E-state index < -0.39 is 10.5 Å². The van der Waals surface area contributed by atoms with Crippen molar-refractivity contribution in [1.82, 2.24) is 18.9 Å². The van der Waals surface area contributed by atoms with Gasteiger partial charge in [-0.25, -0.2) is 4.79 Å². The lowest BCUT2D eigenvalue weighted by Crippen LogP contribution is -2.43. The SMILES string of the molecule is O=c1c2cc([N+](=O)[O-])ccc2n(CCN2CCCCC2)c(=O)n1CCCN1CCOCC1. The number of morpholine rings is 1. The van der Waals surface area contributed by atoms with E-state index in [2.05, 4.69) is 9.80 Å². The van der Waals surface area contributed by atoms with Crippen molar-refractivity contribution in [3.63, 3.8) is 0 Å². The van der Waals surface area contributed by atoms with Crippen LogP contribution in [0.15, 0.2) is 27.8 Å². The minimum Gasteiger partial charge on any atom is -0.379 e. The van der Waals surface area contributed by atoms with E-state index in [1.165, 1.54) is 29.2 Å². The van der Waals surface area contributed by atoms with Gasteiger partial charge in [0.1, 0.15) is 0 Å². The number of benzene rings is 1. The molecule has 0 atom stereocenters. The first-order chi connectivity index (χ1) is 15.5. The minimum absolute atomic E-state index is 0.143. The van der Waals surface area contributed by atoms with E-state index in [0.717, 1.165) is 52.1 Å². The Morgan fingerprint density at radius 2 is 1.59 bits per heavy atom. The third-order valence-electron chi connectivity index (χ3n) is 6.47. The molecule has 0 bridgehead atoms. The van der Waals surface area contributed by atoms with Gasteiger partial charge in [-0.2, -0.15) is 0 Å². The average Bonchev–Trinajstić information content (AvgIpc) is 2.82. The van der Waals surface area contributed by atoms with Crippen LogP contribution in [0.5, 0.6) is 0 Å². The summed E-state index contributed by atoms with van der Waals surface area (Å²) < 4.78 is 8.23. The Morgan fingerprint density at radius 3 is 2.31 bits per heavy atom. The van der Waals surface area contributed by atoms with Crippen LogP contribution in [0.4, 0.5) is 5.69 Å². The molecule has 0 unspecified atom stereocenters. The van der Waals surface area contributed by atoms with Gasteiger partial charge in [-0.15, -0.1) is 0 Å². The Labute approximate surface area is 186 Å². The maximum absolute atomic E-state index is 13.3. The third kappa shape index (κ3) is 5.08. The molecule has 2 aliphatic heterocycles. The molecule has 1 aromatic carbocycles. The van der Waals surface area contributed by atoms with Gasteiger partial charge in [-0.05, 0) is 38.4 Å². The molecule has 174 valence electrons. The lowest BCUT2D eigenvalue weighted by molar-refractivity contribution is -0.384. The number of non-ortho nitro benzene ring substituents is 1. The predicted octanol–water partition coefficient (Wildman–Crippen LogP) is 1.28. The van der Waals surface area contributed by atoms with E-state index in [9.17, 15) is 19.7 Å². The van der Waals surface area contributed by atoms with Crippen molar-refractivity contribution in [2.45, 2.75) is 38.8 Å². The van der Waals surface area contributed by atoms with Gasteiger partial charge < -0.3 is 9.64 Å². The second-order valence-electron chi connectivity index (χ2n) is 8.56. The van der Waals surface area contributed by atoms with Crippen LogP contribution < -0.4 is 11.2 Å². The predicted molar refractivity (Wildman–Crippen MR) is 121 cm³/mol. The number of ether oxygens (including phenoxy) is 1. The summed E-state index contributed by atoms with van der Waals surface area (Å²) in [5.41, 5.74) is -0.469.